The first kappa shape index (κ1) is 18.9. The molecule has 0 fully saturated rings. The van der Waals surface area contributed by atoms with Gasteiger partial charge < -0.3 is 21.1 Å². The molecule has 7 heteroatoms. The summed E-state index contributed by atoms with van der Waals surface area (Å²) in [5, 5.41) is 14.0. The Hall–Kier alpha value is -3.45. The van der Waals surface area contributed by atoms with Gasteiger partial charge in [-0.1, -0.05) is 18.2 Å². The van der Waals surface area contributed by atoms with Crippen LogP contribution in [0.1, 0.15) is 34.3 Å². The van der Waals surface area contributed by atoms with Crippen LogP contribution >= 0.6 is 0 Å². The minimum atomic E-state index is -0.222. The highest BCUT2D eigenvalue weighted by atomic mass is 16.3. The first-order chi connectivity index (χ1) is 14.1. The van der Waals surface area contributed by atoms with E-state index in [1.54, 1.807) is 24.3 Å². The third-order valence-corrected chi connectivity index (χ3v) is 4.99. The number of amides is 1. The number of carbonyl (C=O) groups is 2. The smallest absolute Gasteiger partial charge is 0.224 e. The van der Waals surface area contributed by atoms with Crippen LogP contribution in [0.15, 0.2) is 47.5 Å². The lowest BCUT2D eigenvalue weighted by Gasteiger charge is -2.06. The molecule has 4 rings (SSSR count). The van der Waals surface area contributed by atoms with E-state index in [1.807, 2.05) is 18.2 Å². The fourth-order valence-electron chi connectivity index (χ4n) is 3.55. The molecule has 148 valence electrons. The van der Waals surface area contributed by atoms with Gasteiger partial charge in [0.25, 0.3) is 0 Å². The molecule has 0 saturated carbocycles. The van der Waals surface area contributed by atoms with Gasteiger partial charge in [0.2, 0.25) is 11.7 Å². The Balaban J connectivity index is 1.61. The maximum atomic E-state index is 12.8. The van der Waals surface area contributed by atoms with E-state index in [9.17, 15) is 14.7 Å². The average molecular weight is 390 g/mol. The number of aromatic nitrogens is 1. The van der Waals surface area contributed by atoms with Crippen molar-refractivity contribution in [2.75, 3.05) is 13.1 Å². The Morgan fingerprint density at radius 1 is 1.17 bits per heavy atom. The van der Waals surface area contributed by atoms with Gasteiger partial charge in [0.1, 0.15) is 5.71 Å². The molecule has 0 atom stereocenters. The van der Waals surface area contributed by atoms with E-state index in [0.717, 1.165) is 18.4 Å². The first-order valence-corrected chi connectivity index (χ1v) is 9.61. The van der Waals surface area contributed by atoms with Crippen molar-refractivity contribution in [2.45, 2.75) is 19.3 Å². The molecular formula is C22H22N4O3. The number of nitrogens with zero attached hydrogens (tertiary/aromatic N) is 1. The van der Waals surface area contributed by atoms with Crippen molar-refractivity contribution in [3.8, 4) is 5.88 Å². The predicted octanol–water partition coefficient (Wildman–Crippen LogP) is 2.59. The van der Waals surface area contributed by atoms with Crippen molar-refractivity contribution in [2.24, 2.45) is 10.7 Å². The molecule has 1 amide bonds. The minimum Gasteiger partial charge on any atom is -0.494 e. The maximum Gasteiger partial charge on any atom is 0.224 e. The standard InChI is InChI=1S/C22H22N4O3/c23-9-3-4-10-24-18(27)12-13-7-8-17-15(11-13)19(22(29)26-17)20-21(28)14-5-1-2-6-16(14)25-20/h1-2,5-8,11,26,29H,3-4,9-10,12,23H2,(H,24,27). The number of para-hydroxylation sites is 1. The molecule has 2 aromatic carbocycles. The predicted molar refractivity (Wildman–Crippen MR) is 112 cm³/mol. The lowest BCUT2D eigenvalue weighted by atomic mass is 10.00. The van der Waals surface area contributed by atoms with Gasteiger partial charge in [0.05, 0.1) is 17.7 Å². The van der Waals surface area contributed by atoms with E-state index >= 15 is 0 Å². The molecule has 3 aromatic rings. The zero-order valence-corrected chi connectivity index (χ0v) is 15.9. The van der Waals surface area contributed by atoms with Crippen LogP contribution in [-0.2, 0) is 11.2 Å². The quantitative estimate of drug-likeness (QED) is 0.463. The van der Waals surface area contributed by atoms with E-state index in [4.69, 9.17) is 5.73 Å². The molecule has 0 unspecified atom stereocenters. The highest BCUT2D eigenvalue weighted by molar-refractivity contribution is 6.56. The highest BCUT2D eigenvalue weighted by Crippen LogP contribution is 2.35. The SMILES string of the molecule is NCCCCNC(=O)Cc1ccc2[nH]c(O)c(C3=Nc4ccccc4C3=O)c2c1. The van der Waals surface area contributed by atoms with Gasteiger partial charge in [-0.25, -0.2) is 4.99 Å². The number of hydrogen-bond donors (Lipinski definition) is 4. The number of Topliss-reactive ketones (excluding diaryl/α,β-unsaturated/α-hetero) is 1. The van der Waals surface area contributed by atoms with E-state index < -0.39 is 0 Å². The van der Waals surface area contributed by atoms with Crippen LogP contribution in [0.5, 0.6) is 5.88 Å². The lowest BCUT2D eigenvalue weighted by molar-refractivity contribution is -0.120. The number of aromatic hydroxyl groups is 1. The van der Waals surface area contributed by atoms with Crippen LogP contribution in [0.2, 0.25) is 0 Å². The maximum absolute atomic E-state index is 12.8. The number of carbonyl (C=O) groups excluding carboxylic acids is 2. The number of fused-ring (bicyclic) bond motifs is 2. The minimum absolute atomic E-state index is 0.0793. The number of nitrogens with two attached hydrogens (primary N) is 1. The normalized spacial score (nSPS) is 12.9. The summed E-state index contributed by atoms with van der Waals surface area (Å²) >= 11 is 0. The second-order valence-corrected chi connectivity index (χ2v) is 7.06. The van der Waals surface area contributed by atoms with Gasteiger partial charge in [-0.2, -0.15) is 0 Å². The molecule has 2 heterocycles. The monoisotopic (exact) mass is 390 g/mol. The fraction of sp³-hybridized carbons (Fsp3) is 0.227. The van der Waals surface area contributed by atoms with Crippen LogP contribution < -0.4 is 11.1 Å². The summed E-state index contributed by atoms with van der Waals surface area (Å²) in [4.78, 5) is 32.3. The molecule has 1 aromatic heterocycles. The van der Waals surface area contributed by atoms with Crippen molar-refractivity contribution in [3.63, 3.8) is 0 Å². The van der Waals surface area contributed by atoms with Crippen molar-refractivity contribution in [1.82, 2.24) is 10.3 Å². The fourth-order valence-corrected chi connectivity index (χ4v) is 3.55. The van der Waals surface area contributed by atoms with E-state index in [-0.39, 0.29) is 29.7 Å². The number of unbranched alkanes of at least 4 members (excludes halogenated alkanes) is 1. The Labute approximate surface area is 167 Å². The van der Waals surface area contributed by atoms with Gasteiger partial charge >= 0.3 is 0 Å². The summed E-state index contributed by atoms with van der Waals surface area (Å²) in [6.45, 7) is 1.21. The van der Waals surface area contributed by atoms with Gasteiger partial charge in [0, 0.05) is 23.0 Å². The third kappa shape index (κ3) is 3.64. The summed E-state index contributed by atoms with van der Waals surface area (Å²) in [6.07, 6.45) is 1.93. The second kappa shape index (κ2) is 7.89. The molecule has 0 bridgehead atoms. The molecule has 0 spiro atoms. The highest BCUT2D eigenvalue weighted by Gasteiger charge is 2.29. The number of aliphatic imine (C=N–C) groups is 1. The number of aromatic amines is 1. The number of hydrogen-bond acceptors (Lipinski definition) is 5. The number of rotatable bonds is 7. The Morgan fingerprint density at radius 2 is 2.00 bits per heavy atom. The third-order valence-electron chi connectivity index (χ3n) is 4.99. The summed E-state index contributed by atoms with van der Waals surface area (Å²) in [5.41, 5.74) is 8.61. The summed E-state index contributed by atoms with van der Waals surface area (Å²) in [6, 6.07) is 12.5. The number of ketones is 1. The molecule has 1 aliphatic heterocycles. The zero-order chi connectivity index (χ0) is 20.4. The molecule has 1 aliphatic rings. The Bertz CT molecular complexity index is 1130. The van der Waals surface area contributed by atoms with Crippen LogP contribution in [0.4, 0.5) is 5.69 Å². The van der Waals surface area contributed by atoms with Crippen molar-refractivity contribution in [3.05, 3.63) is 59.2 Å². The van der Waals surface area contributed by atoms with Crippen molar-refractivity contribution in [1.29, 1.82) is 0 Å². The number of benzene rings is 2. The molecule has 7 nitrogen and oxygen atoms in total. The molecule has 5 N–H and O–H groups in total. The van der Waals surface area contributed by atoms with Crippen molar-refractivity contribution >= 4 is 34.0 Å². The number of H-pyrrole nitrogens is 1. The second-order valence-electron chi connectivity index (χ2n) is 7.06. The summed E-state index contributed by atoms with van der Waals surface area (Å²) in [7, 11) is 0. The topological polar surface area (TPSA) is 121 Å². The molecule has 29 heavy (non-hydrogen) atoms. The lowest BCUT2D eigenvalue weighted by Crippen LogP contribution is -2.26. The average Bonchev–Trinajstić information content (AvgIpc) is 3.21. The van der Waals surface area contributed by atoms with Crippen LogP contribution in [0, 0.1) is 0 Å². The van der Waals surface area contributed by atoms with Crippen molar-refractivity contribution < 1.29 is 14.7 Å². The largest absolute Gasteiger partial charge is 0.494 e. The van der Waals surface area contributed by atoms with Crippen LogP contribution in [-0.4, -0.2) is 40.6 Å². The van der Waals surface area contributed by atoms with Gasteiger partial charge in [-0.05, 0) is 49.2 Å². The Kier molecular flexibility index (Phi) is 5.14. The van der Waals surface area contributed by atoms with Gasteiger partial charge in [-0.15, -0.1) is 0 Å². The molecule has 0 saturated heterocycles. The number of nitrogens with one attached hydrogen (secondary N) is 2. The van der Waals surface area contributed by atoms with E-state index in [2.05, 4.69) is 15.3 Å². The van der Waals surface area contributed by atoms with Crippen LogP contribution in [0.25, 0.3) is 10.9 Å². The van der Waals surface area contributed by atoms with E-state index in [1.165, 1.54) is 0 Å². The molecule has 0 aliphatic carbocycles. The first-order valence-electron chi connectivity index (χ1n) is 9.61. The van der Waals surface area contributed by atoms with Gasteiger partial charge in [0.15, 0.2) is 5.88 Å². The zero-order valence-electron chi connectivity index (χ0n) is 15.9. The van der Waals surface area contributed by atoms with E-state index in [0.29, 0.717) is 40.8 Å². The Morgan fingerprint density at radius 3 is 2.79 bits per heavy atom. The summed E-state index contributed by atoms with van der Waals surface area (Å²) in [5.74, 6) is -0.410. The van der Waals surface area contributed by atoms with Crippen LogP contribution in [0.3, 0.4) is 0 Å². The molecular weight excluding hydrogens is 368 g/mol. The molecule has 0 radical (unpaired) electrons. The summed E-state index contributed by atoms with van der Waals surface area (Å²) < 4.78 is 0. The van der Waals surface area contributed by atoms with Gasteiger partial charge in [-0.3, -0.25) is 9.59 Å².